The van der Waals surface area contributed by atoms with Gasteiger partial charge in [-0.05, 0) is 81.0 Å². The van der Waals surface area contributed by atoms with Gasteiger partial charge in [0.2, 0.25) is 0 Å². The minimum atomic E-state index is -3.60. The second kappa shape index (κ2) is 17.3. The van der Waals surface area contributed by atoms with Crippen LogP contribution in [-0.2, 0) is 36.4 Å². The Morgan fingerprint density at radius 1 is 1.06 bits per heavy atom. The first-order valence-electron chi connectivity index (χ1n) is 14.9. The normalized spacial score (nSPS) is 15.2. The van der Waals surface area contributed by atoms with Gasteiger partial charge in [0.05, 0.1) is 26.7 Å². The molecule has 1 aliphatic rings. The van der Waals surface area contributed by atoms with Gasteiger partial charge in [-0.2, -0.15) is 15.5 Å². The lowest BCUT2D eigenvalue weighted by Crippen LogP contribution is -2.14. The van der Waals surface area contributed by atoms with Crippen LogP contribution in [-0.4, -0.2) is 63.6 Å². The van der Waals surface area contributed by atoms with Crippen LogP contribution in [0.1, 0.15) is 37.3 Å². The van der Waals surface area contributed by atoms with Crippen LogP contribution in [0.2, 0.25) is 0 Å². The Kier molecular flexibility index (Phi) is 13.2. The molecular weight excluding hydrogens is 677 g/mol. The molecule has 17 heteroatoms. The highest BCUT2D eigenvalue weighted by Crippen LogP contribution is 2.38. The molecule has 3 aromatic rings. The molecule has 0 bridgehead atoms. The summed E-state index contributed by atoms with van der Waals surface area (Å²) in [5.74, 6) is 0.887. The summed E-state index contributed by atoms with van der Waals surface area (Å²) in [4.78, 5) is 5.32. The molecule has 1 aliphatic carbocycles. The van der Waals surface area contributed by atoms with Gasteiger partial charge >= 0.3 is 0 Å². The van der Waals surface area contributed by atoms with E-state index in [1.165, 1.54) is 41.8 Å². The molecule has 254 valence electrons. The number of nitriles is 1. The van der Waals surface area contributed by atoms with Gasteiger partial charge in [0, 0.05) is 53.3 Å². The van der Waals surface area contributed by atoms with Gasteiger partial charge in [-0.1, -0.05) is 6.58 Å². The minimum Gasteiger partial charge on any atom is -0.382 e. The Labute approximate surface area is 284 Å². The Hall–Kier alpha value is -4.18. The van der Waals surface area contributed by atoms with Gasteiger partial charge in [-0.15, -0.1) is 10.2 Å². The third-order valence-electron chi connectivity index (χ3n) is 6.93. The van der Waals surface area contributed by atoms with Crippen LogP contribution >= 0.6 is 0 Å². The van der Waals surface area contributed by atoms with Gasteiger partial charge in [-0.25, -0.2) is 13.4 Å². The summed E-state index contributed by atoms with van der Waals surface area (Å²) in [6.07, 6.45) is 1.70. The molecule has 14 nitrogen and oxygen atoms in total. The van der Waals surface area contributed by atoms with E-state index in [2.05, 4.69) is 48.7 Å². The average Bonchev–Trinajstić information content (AvgIpc) is 3.94. The van der Waals surface area contributed by atoms with Crippen LogP contribution in [0.15, 0.2) is 84.7 Å². The molecule has 0 spiro atoms. The minimum absolute atomic E-state index is 0.0100. The van der Waals surface area contributed by atoms with Gasteiger partial charge in [-0.3, -0.25) is 4.21 Å². The van der Waals surface area contributed by atoms with E-state index >= 15 is 0 Å². The third kappa shape index (κ3) is 9.69. The van der Waals surface area contributed by atoms with Crippen LogP contribution in [0.5, 0.6) is 0 Å². The average molecular weight is 713 g/mol. The molecule has 0 aliphatic heterocycles. The molecule has 4 N–H and O–H groups in total. The van der Waals surface area contributed by atoms with E-state index in [4.69, 9.17) is 4.74 Å². The summed E-state index contributed by atoms with van der Waals surface area (Å²) in [7, 11) is -4.86. The second-order valence-corrected chi connectivity index (χ2v) is 14.8. The summed E-state index contributed by atoms with van der Waals surface area (Å²) in [5, 5.41) is 34.8. The van der Waals surface area contributed by atoms with Crippen molar-refractivity contribution in [3.05, 3.63) is 65.6 Å². The Morgan fingerprint density at radius 2 is 1.75 bits per heavy atom. The lowest BCUT2D eigenvalue weighted by Gasteiger charge is -2.15. The summed E-state index contributed by atoms with van der Waals surface area (Å²) >= 11 is -2.12. The number of nitrogens with zero attached hydrogens (tertiary/aromatic N) is 6. The Bertz CT molecular complexity index is 1930. The zero-order valence-electron chi connectivity index (χ0n) is 26.4. The number of rotatable bonds is 17. The van der Waals surface area contributed by atoms with Crippen molar-refractivity contribution in [1.29, 1.82) is 5.26 Å². The molecule has 1 aromatic heterocycles. The van der Waals surface area contributed by atoms with Crippen molar-refractivity contribution in [2.45, 2.75) is 42.9 Å². The molecule has 0 amide bonds. The van der Waals surface area contributed by atoms with Crippen molar-refractivity contribution in [2.24, 2.45) is 20.5 Å². The topological polar surface area (TPSA) is 211 Å². The summed E-state index contributed by atoms with van der Waals surface area (Å²) in [5.41, 5.74) is 1.78. The van der Waals surface area contributed by atoms with Crippen molar-refractivity contribution in [2.75, 3.05) is 42.7 Å². The van der Waals surface area contributed by atoms with Crippen molar-refractivity contribution < 1.29 is 26.5 Å². The zero-order valence-corrected chi connectivity index (χ0v) is 28.9. The van der Waals surface area contributed by atoms with E-state index in [0.29, 0.717) is 61.0 Å². The fourth-order valence-electron chi connectivity index (χ4n) is 4.28. The van der Waals surface area contributed by atoms with Crippen LogP contribution in [0.4, 0.5) is 34.4 Å². The van der Waals surface area contributed by atoms with Gasteiger partial charge in [0.1, 0.15) is 33.1 Å². The molecule has 3 atom stereocenters. The summed E-state index contributed by atoms with van der Waals surface area (Å²) in [6.45, 7) is 9.09. The number of ether oxygens (including phenoxy) is 1. The SMILES string of the molecule is C=CS(=O)CCNc1nc(NCCCOCC)c(C#N)c(C)c1N=Nc1ccc(N=Nc2ccc(S(=O)O)cc2)cc1S(=O)(O)=C1CC1. The number of pyridine rings is 1. The van der Waals surface area contributed by atoms with Crippen molar-refractivity contribution >= 4 is 70.9 Å². The maximum atomic E-state index is 13.6. The predicted molar refractivity (Wildman–Crippen MR) is 189 cm³/mol. The quantitative estimate of drug-likeness (QED) is 0.0492. The number of anilines is 2. The van der Waals surface area contributed by atoms with Crippen molar-refractivity contribution in [3.8, 4) is 6.07 Å². The number of hydrogen-bond donors (Lipinski definition) is 4. The van der Waals surface area contributed by atoms with Gasteiger partial charge in [0.15, 0.2) is 16.9 Å². The zero-order chi connectivity index (χ0) is 34.7. The molecule has 0 saturated heterocycles. The van der Waals surface area contributed by atoms with Crippen molar-refractivity contribution in [1.82, 2.24) is 4.98 Å². The molecule has 2 aromatic carbocycles. The van der Waals surface area contributed by atoms with Crippen molar-refractivity contribution in [3.63, 3.8) is 0 Å². The van der Waals surface area contributed by atoms with E-state index < -0.39 is 31.7 Å². The standard InChI is InChI=1S/C31H36N8O6S3/c1-4-45-17-6-15-33-30-26(20-32)21(3)29(31(35-30)34-16-18-46(40)5-2)39-38-27-14-9-23(19-28(27)48(43,44)25-12-13-25)37-36-22-7-10-24(11-8-22)47(41)42/h5,7-11,14,19H,2,4,6,12-13,15-18H2,1,3H3,(H,41,42)(H,43,44)(H2,33,34,35). The third-order valence-corrected chi connectivity index (χ3v) is 10.7. The van der Waals surface area contributed by atoms with E-state index in [1.54, 1.807) is 13.0 Å². The highest BCUT2D eigenvalue weighted by atomic mass is 32.2. The lowest BCUT2D eigenvalue weighted by molar-refractivity contribution is 0.147. The summed E-state index contributed by atoms with van der Waals surface area (Å²) < 4.78 is 62.5. The molecule has 3 unspecified atom stereocenters. The van der Waals surface area contributed by atoms with E-state index in [1.807, 2.05) is 6.92 Å². The van der Waals surface area contributed by atoms with Crippen LogP contribution in [0.3, 0.4) is 0 Å². The van der Waals surface area contributed by atoms with E-state index in [-0.39, 0.29) is 50.5 Å². The Morgan fingerprint density at radius 3 is 2.40 bits per heavy atom. The smallest absolute Gasteiger partial charge is 0.186 e. The maximum absolute atomic E-state index is 13.6. The molecule has 1 fully saturated rings. The monoisotopic (exact) mass is 712 g/mol. The highest BCUT2D eigenvalue weighted by molar-refractivity contribution is 7.98. The van der Waals surface area contributed by atoms with Crippen LogP contribution in [0.25, 0.3) is 0 Å². The number of nitrogens with one attached hydrogen (secondary N) is 2. The van der Waals surface area contributed by atoms with Gasteiger partial charge in [0.25, 0.3) is 0 Å². The predicted octanol–water partition coefficient (Wildman–Crippen LogP) is 6.90. The van der Waals surface area contributed by atoms with E-state index in [9.17, 15) is 27.0 Å². The largest absolute Gasteiger partial charge is 0.382 e. The lowest BCUT2D eigenvalue weighted by atomic mass is 10.1. The first-order valence-corrected chi connectivity index (χ1v) is 18.9. The fraction of sp³-hybridized carbons (Fsp3) is 0.323. The number of hydrogen-bond acceptors (Lipinski definition) is 12. The Balaban J connectivity index is 1.72. The number of azo groups is 2. The number of benzene rings is 2. The van der Waals surface area contributed by atoms with Gasteiger partial charge < -0.3 is 24.5 Å². The molecule has 1 saturated carbocycles. The number of aromatic nitrogens is 1. The second-order valence-electron chi connectivity index (χ2n) is 10.3. The maximum Gasteiger partial charge on any atom is 0.186 e. The molecular formula is C31H36N8O6S3. The first-order chi connectivity index (χ1) is 23.1. The molecule has 1 heterocycles. The fourth-order valence-corrected chi connectivity index (χ4v) is 6.76. The van der Waals surface area contributed by atoms with E-state index in [0.717, 1.165) is 0 Å². The molecule has 48 heavy (non-hydrogen) atoms. The molecule has 4 rings (SSSR count). The molecule has 0 radical (unpaired) electrons. The van der Waals surface area contributed by atoms with Crippen LogP contribution < -0.4 is 10.6 Å². The highest BCUT2D eigenvalue weighted by Gasteiger charge is 2.27. The van der Waals surface area contributed by atoms with Crippen LogP contribution in [0, 0.1) is 18.3 Å². The first kappa shape index (κ1) is 36.7. The summed E-state index contributed by atoms with van der Waals surface area (Å²) in [6, 6.07) is 12.6.